The molecule has 1 fully saturated rings. The first kappa shape index (κ1) is 15.1. The number of rotatable bonds is 4. The highest BCUT2D eigenvalue weighted by Gasteiger charge is 2.38. The number of carbonyl (C=O) groups is 1. The van der Waals surface area contributed by atoms with Crippen LogP contribution in [0.3, 0.4) is 0 Å². The van der Waals surface area contributed by atoms with Crippen LogP contribution in [0.2, 0.25) is 0 Å². The monoisotopic (exact) mass is 325 g/mol. The van der Waals surface area contributed by atoms with Crippen LogP contribution in [0.5, 0.6) is 0 Å². The third-order valence-electron chi connectivity index (χ3n) is 3.95. The summed E-state index contributed by atoms with van der Waals surface area (Å²) < 4.78 is 32.5. The van der Waals surface area contributed by atoms with Crippen molar-refractivity contribution in [1.29, 1.82) is 0 Å². The minimum absolute atomic E-state index is 0.0362. The Morgan fingerprint density at radius 1 is 1.36 bits per heavy atom. The summed E-state index contributed by atoms with van der Waals surface area (Å²) >= 11 is 0. The van der Waals surface area contributed by atoms with Crippen molar-refractivity contribution in [3.8, 4) is 0 Å². The van der Waals surface area contributed by atoms with Gasteiger partial charge in [-0.25, -0.2) is 4.31 Å². The molecule has 2 aliphatic rings. The lowest BCUT2D eigenvalue weighted by Crippen LogP contribution is -2.44. The first-order valence-electron chi connectivity index (χ1n) is 7.24. The van der Waals surface area contributed by atoms with Gasteiger partial charge in [0.25, 0.3) is 0 Å². The predicted molar refractivity (Wildman–Crippen MR) is 83.1 cm³/mol. The fourth-order valence-electron chi connectivity index (χ4n) is 2.72. The van der Waals surface area contributed by atoms with Crippen LogP contribution in [0.4, 0.5) is 11.4 Å². The lowest BCUT2D eigenvalue weighted by Gasteiger charge is -2.19. The highest BCUT2D eigenvalue weighted by Crippen LogP contribution is 2.39. The first-order valence-corrected chi connectivity index (χ1v) is 8.64. The zero-order chi connectivity index (χ0) is 15.7. The summed E-state index contributed by atoms with van der Waals surface area (Å²) in [5, 5.41) is 2.75. The fraction of sp³-hybridized carbons (Fsp3) is 0.500. The van der Waals surface area contributed by atoms with Crippen LogP contribution in [0.1, 0.15) is 12.8 Å². The Morgan fingerprint density at radius 2 is 2.09 bits per heavy atom. The molecule has 0 bridgehead atoms. The average Bonchev–Trinajstić information content (AvgIpc) is 3.08. The molecule has 1 saturated heterocycles. The summed E-state index contributed by atoms with van der Waals surface area (Å²) in [6.07, 6.45) is 1.96. The second kappa shape index (κ2) is 5.77. The number of nitrogens with one attached hydrogen (secondary N) is 1. The second-order valence-corrected chi connectivity index (χ2v) is 7.29. The molecule has 1 aromatic carbocycles. The van der Waals surface area contributed by atoms with Crippen molar-refractivity contribution in [2.75, 3.05) is 35.4 Å². The van der Waals surface area contributed by atoms with Gasteiger partial charge in [-0.3, -0.25) is 9.10 Å². The quantitative estimate of drug-likeness (QED) is 0.873. The van der Waals surface area contributed by atoms with E-state index in [1.807, 2.05) is 0 Å². The summed E-state index contributed by atoms with van der Waals surface area (Å²) in [5.74, 6) is -0.329. The van der Waals surface area contributed by atoms with Crippen molar-refractivity contribution in [3.63, 3.8) is 0 Å². The van der Waals surface area contributed by atoms with Gasteiger partial charge in [-0.1, -0.05) is 12.1 Å². The van der Waals surface area contributed by atoms with Gasteiger partial charge in [0.15, 0.2) is 0 Å². The van der Waals surface area contributed by atoms with Crippen molar-refractivity contribution in [2.45, 2.75) is 18.9 Å². The van der Waals surface area contributed by atoms with E-state index in [1.165, 1.54) is 11.4 Å². The first-order chi connectivity index (χ1) is 10.5. The van der Waals surface area contributed by atoms with Crippen LogP contribution in [-0.2, 0) is 19.7 Å². The Kier molecular flexibility index (Phi) is 3.96. The number of amides is 1. The number of hydrogen-bond acceptors (Lipinski definition) is 4. The molecule has 22 heavy (non-hydrogen) atoms. The van der Waals surface area contributed by atoms with E-state index in [9.17, 15) is 13.2 Å². The third-order valence-corrected chi connectivity index (χ3v) is 5.72. The molecule has 3 rings (SSSR count). The van der Waals surface area contributed by atoms with Gasteiger partial charge < -0.3 is 10.1 Å². The molecule has 1 atom stereocenters. The molecule has 0 aromatic heterocycles. The van der Waals surface area contributed by atoms with Crippen molar-refractivity contribution in [3.05, 3.63) is 24.3 Å². The number of hydrogen-bond donors (Lipinski definition) is 1. The van der Waals surface area contributed by atoms with Crippen LogP contribution in [0.25, 0.3) is 0 Å². The van der Waals surface area contributed by atoms with Gasteiger partial charge in [-0.2, -0.15) is 8.42 Å². The molecule has 1 unspecified atom stereocenters. The Labute approximate surface area is 130 Å². The summed E-state index contributed by atoms with van der Waals surface area (Å²) in [6, 6.07) is 6.94. The number of carbonyl (C=O) groups excluding carboxylic acids is 1. The van der Waals surface area contributed by atoms with E-state index in [0.29, 0.717) is 17.9 Å². The molecular weight excluding hydrogens is 306 g/mol. The molecule has 8 heteroatoms. The van der Waals surface area contributed by atoms with Gasteiger partial charge >= 0.3 is 10.2 Å². The minimum atomic E-state index is -3.68. The maximum Gasteiger partial charge on any atom is 0.326 e. The Morgan fingerprint density at radius 3 is 2.77 bits per heavy atom. The number of anilines is 2. The van der Waals surface area contributed by atoms with Gasteiger partial charge in [0, 0.05) is 20.2 Å². The smallest absolute Gasteiger partial charge is 0.326 e. The van der Waals surface area contributed by atoms with E-state index in [2.05, 4.69) is 5.32 Å². The van der Waals surface area contributed by atoms with E-state index in [0.717, 1.165) is 23.8 Å². The van der Waals surface area contributed by atoms with Crippen LogP contribution in [-0.4, -0.2) is 47.2 Å². The van der Waals surface area contributed by atoms with Crippen LogP contribution >= 0.6 is 0 Å². The van der Waals surface area contributed by atoms with Crippen LogP contribution < -0.4 is 13.9 Å². The fourth-order valence-corrected chi connectivity index (χ4v) is 4.11. The van der Waals surface area contributed by atoms with Crippen molar-refractivity contribution >= 4 is 27.5 Å². The molecule has 2 aliphatic heterocycles. The average molecular weight is 325 g/mol. The van der Waals surface area contributed by atoms with E-state index in [1.54, 1.807) is 24.3 Å². The van der Waals surface area contributed by atoms with Gasteiger partial charge in [-0.05, 0) is 25.0 Å². The number of nitrogens with zero attached hydrogens (tertiary/aromatic N) is 2. The standard InChI is InChI=1S/C14H19N3O4S/c1-16-12-6-2-3-7-13(12)17(22(16,19)20)10-14(18)15-9-11-5-4-8-21-11/h2-3,6-7,11H,4-5,8-10H2,1H3,(H,15,18). The topological polar surface area (TPSA) is 79.0 Å². The maximum atomic E-state index is 12.4. The number of para-hydroxylation sites is 2. The molecule has 1 N–H and O–H groups in total. The molecule has 0 aliphatic carbocycles. The summed E-state index contributed by atoms with van der Waals surface area (Å²) in [5.41, 5.74) is 1.10. The number of benzene rings is 1. The number of ether oxygens (including phenoxy) is 1. The molecule has 1 amide bonds. The van der Waals surface area contributed by atoms with E-state index in [-0.39, 0.29) is 18.6 Å². The molecular formula is C14H19N3O4S. The molecule has 0 saturated carbocycles. The highest BCUT2D eigenvalue weighted by atomic mass is 32.2. The van der Waals surface area contributed by atoms with E-state index < -0.39 is 10.2 Å². The maximum absolute atomic E-state index is 12.4. The molecule has 2 heterocycles. The summed E-state index contributed by atoms with van der Waals surface area (Å²) in [6.45, 7) is 0.916. The summed E-state index contributed by atoms with van der Waals surface area (Å²) in [7, 11) is -2.20. The second-order valence-electron chi connectivity index (χ2n) is 5.41. The molecule has 0 spiro atoms. The Hall–Kier alpha value is -1.80. The SMILES string of the molecule is CN1c2ccccc2N(CC(=O)NCC2CCCO2)S1(=O)=O. The van der Waals surface area contributed by atoms with Crippen molar-refractivity contribution in [1.82, 2.24) is 5.32 Å². The van der Waals surface area contributed by atoms with Crippen molar-refractivity contribution in [2.24, 2.45) is 0 Å². The zero-order valence-electron chi connectivity index (χ0n) is 12.4. The summed E-state index contributed by atoms with van der Waals surface area (Å²) in [4.78, 5) is 12.1. The largest absolute Gasteiger partial charge is 0.376 e. The number of fused-ring (bicyclic) bond motifs is 1. The third kappa shape index (κ3) is 2.64. The molecule has 0 radical (unpaired) electrons. The Bertz CT molecular complexity index is 670. The van der Waals surface area contributed by atoms with E-state index in [4.69, 9.17) is 4.74 Å². The van der Waals surface area contributed by atoms with Gasteiger partial charge in [0.2, 0.25) is 5.91 Å². The lowest BCUT2D eigenvalue weighted by atomic mass is 10.2. The minimum Gasteiger partial charge on any atom is -0.376 e. The van der Waals surface area contributed by atoms with Gasteiger partial charge in [0.05, 0.1) is 17.5 Å². The van der Waals surface area contributed by atoms with Gasteiger partial charge in [-0.15, -0.1) is 0 Å². The zero-order valence-corrected chi connectivity index (χ0v) is 13.2. The Balaban J connectivity index is 1.69. The van der Waals surface area contributed by atoms with Crippen LogP contribution in [0, 0.1) is 0 Å². The normalized spacial score (nSPS) is 22.7. The lowest BCUT2D eigenvalue weighted by molar-refractivity contribution is -0.120. The predicted octanol–water partition coefficient (Wildman–Crippen LogP) is 0.483. The molecule has 1 aromatic rings. The van der Waals surface area contributed by atoms with Crippen LogP contribution in [0.15, 0.2) is 24.3 Å². The molecule has 120 valence electrons. The van der Waals surface area contributed by atoms with Crippen molar-refractivity contribution < 1.29 is 17.9 Å². The van der Waals surface area contributed by atoms with Gasteiger partial charge in [0.1, 0.15) is 6.54 Å². The molecule has 7 nitrogen and oxygen atoms in total. The van der Waals surface area contributed by atoms with E-state index >= 15 is 0 Å². The highest BCUT2D eigenvalue weighted by molar-refractivity contribution is 7.94.